The molecule has 1 aromatic heterocycles. The monoisotopic (exact) mass is 430 g/mol. The molecular weight excluding hydrogens is 408 g/mol. The van der Waals surface area contributed by atoms with Crippen LogP contribution in [0.5, 0.6) is 23.1 Å². The molecule has 4 rings (SSSR count). The minimum atomic E-state index is -0.352. The Hall–Kier alpha value is -4.33. The molecule has 0 spiro atoms. The highest BCUT2D eigenvalue weighted by atomic mass is 16.5. The zero-order valence-corrected chi connectivity index (χ0v) is 17.9. The van der Waals surface area contributed by atoms with E-state index in [1.54, 1.807) is 50.6 Å². The molecule has 4 aromatic rings. The summed E-state index contributed by atoms with van der Waals surface area (Å²) >= 11 is 0. The molecule has 0 unspecified atom stereocenters. The van der Waals surface area contributed by atoms with Gasteiger partial charge in [-0.05, 0) is 37.3 Å². The van der Waals surface area contributed by atoms with Gasteiger partial charge in [-0.1, -0.05) is 23.8 Å². The van der Waals surface area contributed by atoms with E-state index >= 15 is 0 Å². The molecule has 8 nitrogen and oxygen atoms in total. The van der Waals surface area contributed by atoms with E-state index in [0.29, 0.717) is 45.4 Å². The molecule has 0 atom stereocenters. The zero-order chi connectivity index (χ0) is 22.5. The maximum absolute atomic E-state index is 12.3. The average Bonchev–Trinajstić information content (AvgIpc) is 2.80. The number of hydrogen-bond acceptors (Lipinski definition) is 6. The second-order valence-electron chi connectivity index (χ2n) is 6.98. The minimum absolute atomic E-state index is 0.352. The van der Waals surface area contributed by atoms with E-state index < -0.39 is 0 Å². The summed E-state index contributed by atoms with van der Waals surface area (Å²) in [5.41, 5.74) is 3.05. The first-order chi connectivity index (χ1) is 15.6. The number of fused-ring (bicyclic) bond motifs is 1. The Bertz CT molecular complexity index is 1260. The van der Waals surface area contributed by atoms with Crippen LogP contribution >= 0.6 is 0 Å². The predicted molar refractivity (Wildman–Crippen MR) is 123 cm³/mol. The van der Waals surface area contributed by atoms with E-state index in [1.165, 1.54) is 6.33 Å². The SMILES string of the molecule is COc1cc2ncnc(Oc3cccc(NC(=O)Nc4ccc(C)cc4)c3)c2cc1OC. The number of benzene rings is 3. The lowest BCUT2D eigenvalue weighted by Gasteiger charge is -2.12. The van der Waals surface area contributed by atoms with Crippen LogP contribution in [0, 0.1) is 6.92 Å². The lowest BCUT2D eigenvalue weighted by atomic mass is 10.2. The summed E-state index contributed by atoms with van der Waals surface area (Å²) in [6.07, 6.45) is 1.42. The highest BCUT2D eigenvalue weighted by Gasteiger charge is 2.13. The molecule has 8 heteroatoms. The van der Waals surface area contributed by atoms with Crippen molar-refractivity contribution in [1.29, 1.82) is 0 Å². The molecule has 0 aliphatic heterocycles. The fourth-order valence-corrected chi connectivity index (χ4v) is 3.12. The number of ether oxygens (including phenoxy) is 3. The molecule has 0 bridgehead atoms. The van der Waals surface area contributed by atoms with Gasteiger partial charge in [0.2, 0.25) is 5.88 Å². The van der Waals surface area contributed by atoms with Crippen molar-refractivity contribution < 1.29 is 19.0 Å². The normalized spacial score (nSPS) is 10.5. The number of nitrogens with zero attached hydrogens (tertiary/aromatic N) is 2. The van der Waals surface area contributed by atoms with E-state index in [4.69, 9.17) is 14.2 Å². The van der Waals surface area contributed by atoms with Gasteiger partial charge in [-0.15, -0.1) is 0 Å². The molecule has 0 fully saturated rings. The molecule has 1 heterocycles. The van der Waals surface area contributed by atoms with Crippen LogP contribution in [0.25, 0.3) is 10.9 Å². The van der Waals surface area contributed by atoms with Crippen molar-refractivity contribution in [1.82, 2.24) is 9.97 Å². The smallest absolute Gasteiger partial charge is 0.323 e. The number of amides is 2. The minimum Gasteiger partial charge on any atom is -0.493 e. The van der Waals surface area contributed by atoms with E-state index in [9.17, 15) is 4.79 Å². The van der Waals surface area contributed by atoms with Gasteiger partial charge in [0.1, 0.15) is 12.1 Å². The molecule has 0 aliphatic rings. The summed E-state index contributed by atoms with van der Waals surface area (Å²) in [6.45, 7) is 1.99. The number of hydrogen-bond donors (Lipinski definition) is 2. The molecule has 32 heavy (non-hydrogen) atoms. The number of methoxy groups -OCH3 is 2. The van der Waals surface area contributed by atoms with Crippen LogP contribution < -0.4 is 24.8 Å². The standard InChI is InChI=1S/C24H22N4O4/c1-15-7-9-16(10-8-15)27-24(29)28-17-5-4-6-18(11-17)32-23-19-12-21(30-2)22(31-3)13-20(19)25-14-26-23/h4-14H,1-3H3,(H2,27,28,29). The Morgan fingerprint density at radius 3 is 2.31 bits per heavy atom. The van der Waals surface area contributed by atoms with Crippen molar-refractivity contribution in [3.05, 3.63) is 72.6 Å². The first kappa shape index (κ1) is 20.9. The lowest BCUT2D eigenvalue weighted by molar-refractivity contribution is 0.262. The number of carbonyl (C=O) groups excluding carboxylic acids is 1. The molecule has 0 aliphatic carbocycles. The van der Waals surface area contributed by atoms with Gasteiger partial charge in [-0.25, -0.2) is 14.8 Å². The number of nitrogens with one attached hydrogen (secondary N) is 2. The number of rotatable bonds is 6. The first-order valence-electron chi connectivity index (χ1n) is 9.85. The molecule has 2 N–H and O–H groups in total. The van der Waals surface area contributed by atoms with Crippen LogP contribution in [-0.4, -0.2) is 30.2 Å². The summed E-state index contributed by atoms with van der Waals surface area (Å²) < 4.78 is 16.7. The van der Waals surface area contributed by atoms with Crippen LogP contribution in [0.2, 0.25) is 0 Å². The van der Waals surface area contributed by atoms with Gasteiger partial charge in [0.05, 0.1) is 25.1 Å². The second-order valence-corrected chi connectivity index (χ2v) is 6.98. The maximum Gasteiger partial charge on any atom is 0.323 e. The Morgan fingerprint density at radius 1 is 0.844 bits per heavy atom. The fraction of sp³-hybridized carbons (Fsp3) is 0.125. The van der Waals surface area contributed by atoms with Gasteiger partial charge in [0, 0.05) is 23.5 Å². The third-order valence-electron chi connectivity index (χ3n) is 4.72. The third kappa shape index (κ3) is 4.70. The van der Waals surface area contributed by atoms with Crippen LogP contribution in [0.15, 0.2) is 67.0 Å². The van der Waals surface area contributed by atoms with Crippen molar-refractivity contribution in [2.45, 2.75) is 6.92 Å². The van der Waals surface area contributed by atoms with Crippen molar-refractivity contribution >= 4 is 28.3 Å². The molecule has 162 valence electrons. The Balaban J connectivity index is 1.53. The Morgan fingerprint density at radius 2 is 1.56 bits per heavy atom. The van der Waals surface area contributed by atoms with Crippen LogP contribution in [0.1, 0.15) is 5.56 Å². The van der Waals surface area contributed by atoms with Gasteiger partial charge >= 0.3 is 6.03 Å². The van der Waals surface area contributed by atoms with Crippen LogP contribution in [0.4, 0.5) is 16.2 Å². The first-order valence-corrected chi connectivity index (χ1v) is 9.85. The number of aromatic nitrogens is 2. The molecule has 2 amide bonds. The van der Waals surface area contributed by atoms with Crippen LogP contribution in [-0.2, 0) is 0 Å². The number of anilines is 2. The third-order valence-corrected chi connectivity index (χ3v) is 4.72. The maximum atomic E-state index is 12.3. The van der Waals surface area contributed by atoms with Crippen molar-refractivity contribution in [3.8, 4) is 23.1 Å². The molecular formula is C24H22N4O4. The lowest BCUT2D eigenvalue weighted by Crippen LogP contribution is -2.19. The van der Waals surface area contributed by atoms with Gasteiger partial charge in [-0.2, -0.15) is 0 Å². The molecule has 0 saturated heterocycles. The largest absolute Gasteiger partial charge is 0.493 e. The Labute approximate surface area is 185 Å². The summed E-state index contributed by atoms with van der Waals surface area (Å²) in [5.74, 6) is 1.98. The number of carbonyl (C=O) groups is 1. The van der Waals surface area contributed by atoms with E-state index in [1.807, 2.05) is 31.2 Å². The summed E-state index contributed by atoms with van der Waals surface area (Å²) in [7, 11) is 3.13. The van der Waals surface area contributed by atoms with E-state index in [2.05, 4.69) is 20.6 Å². The summed E-state index contributed by atoms with van der Waals surface area (Å²) in [4.78, 5) is 20.9. The van der Waals surface area contributed by atoms with E-state index in [0.717, 1.165) is 5.56 Å². The van der Waals surface area contributed by atoms with Gasteiger partial charge in [0.15, 0.2) is 11.5 Å². The van der Waals surface area contributed by atoms with Gasteiger partial charge in [0.25, 0.3) is 0 Å². The average molecular weight is 430 g/mol. The molecule has 0 radical (unpaired) electrons. The quantitative estimate of drug-likeness (QED) is 0.426. The fourth-order valence-electron chi connectivity index (χ4n) is 3.12. The Kier molecular flexibility index (Phi) is 6.03. The zero-order valence-electron chi connectivity index (χ0n) is 17.9. The highest BCUT2D eigenvalue weighted by molar-refractivity contribution is 5.99. The van der Waals surface area contributed by atoms with Gasteiger partial charge < -0.3 is 24.8 Å². The summed E-state index contributed by atoms with van der Waals surface area (Å²) in [6, 6.07) is 17.8. The number of aryl methyl sites for hydroxylation is 1. The summed E-state index contributed by atoms with van der Waals surface area (Å²) in [5, 5.41) is 6.27. The van der Waals surface area contributed by atoms with Crippen molar-refractivity contribution in [3.63, 3.8) is 0 Å². The van der Waals surface area contributed by atoms with E-state index in [-0.39, 0.29) is 6.03 Å². The second kappa shape index (κ2) is 9.22. The van der Waals surface area contributed by atoms with Crippen LogP contribution in [0.3, 0.4) is 0 Å². The molecule has 0 saturated carbocycles. The topological polar surface area (TPSA) is 94.6 Å². The predicted octanol–water partition coefficient (Wildman–Crippen LogP) is 5.39. The van der Waals surface area contributed by atoms with Gasteiger partial charge in [-0.3, -0.25) is 0 Å². The molecule has 3 aromatic carbocycles. The van der Waals surface area contributed by atoms with Crippen molar-refractivity contribution in [2.75, 3.05) is 24.9 Å². The highest BCUT2D eigenvalue weighted by Crippen LogP contribution is 2.36. The van der Waals surface area contributed by atoms with Crippen molar-refractivity contribution in [2.24, 2.45) is 0 Å². The number of urea groups is 1.